The fourth-order valence-electron chi connectivity index (χ4n) is 13.3. The number of aliphatic hydroxyl groups is 6. The minimum Gasteiger partial charge on any atom is -0.481 e. The van der Waals surface area contributed by atoms with Crippen molar-refractivity contribution in [2.45, 2.75) is 174 Å². The Morgan fingerprint density at radius 1 is 0.830 bits per heavy atom. The van der Waals surface area contributed by atoms with Crippen molar-refractivity contribution in [1.82, 2.24) is 0 Å². The smallest absolute Gasteiger partial charge is 0.310 e. The van der Waals surface area contributed by atoms with Gasteiger partial charge in [-0.15, -0.1) is 0 Å². The Hall–Kier alpha value is -1.19. The number of rotatable bonds is 6. The molecule has 0 amide bonds. The highest BCUT2D eigenvalue weighted by Gasteiger charge is 2.70. The van der Waals surface area contributed by atoms with Crippen molar-refractivity contribution in [3.63, 3.8) is 0 Å². The topological polar surface area (TPSA) is 196 Å². The summed E-state index contributed by atoms with van der Waals surface area (Å²) in [4.78, 5) is 13.0. The Kier molecular flexibility index (Phi) is 10.2. The van der Waals surface area contributed by atoms with Gasteiger partial charge in [-0.25, -0.2) is 0 Å². The van der Waals surface area contributed by atoms with Crippen molar-refractivity contribution in [2.24, 2.45) is 50.2 Å². The van der Waals surface area contributed by atoms with Crippen LogP contribution >= 0.6 is 0 Å². The van der Waals surface area contributed by atoms with Gasteiger partial charge in [0.2, 0.25) is 0 Å². The maximum atomic E-state index is 13.0. The Bertz CT molecular complexity index is 1440. The van der Waals surface area contributed by atoms with E-state index in [1.54, 1.807) is 0 Å². The van der Waals surface area contributed by atoms with Crippen LogP contribution in [0.1, 0.15) is 113 Å². The maximum absolute atomic E-state index is 13.0. The summed E-state index contributed by atoms with van der Waals surface area (Å²) in [7, 11) is 0. The lowest BCUT2D eigenvalue weighted by molar-refractivity contribution is -0.365. The predicted molar refractivity (Wildman–Crippen MR) is 192 cm³/mol. The Balaban J connectivity index is 1.15. The Morgan fingerprint density at radius 3 is 2.21 bits per heavy atom. The molecular weight excluding hydrogens is 684 g/mol. The van der Waals surface area contributed by atoms with Gasteiger partial charge in [-0.1, -0.05) is 53.2 Å². The number of allylic oxidation sites excluding steroid dienone is 2. The van der Waals surface area contributed by atoms with E-state index in [4.69, 9.17) is 18.9 Å². The molecule has 0 bridgehead atoms. The van der Waals surface area contributed by atoms with E-state index in [0.717, 1.165) is 51.4 Å². The second-order valence-corrected chi connectivity index (χ2v) is 20.0. The standard InChI is InChI=1S/C41H66O12/c1-21-28(44)30(46)31(47)33(51-21)53-32-29(45)24(43)19-50-34(32)52-27-11-12-37(4)25(38(27,5)20-42)10-13-40(7)26(37)9-8-22-23-18-36(2,3)14-16-41(23,35(48)49)17-15-39(22,40)6/h8,21,23-34,42-47H,9-20H2,1-7H3,(H,48,49)/t21-,23-,24-,25+,26-,27-,28-,29-,30+,31+,32+,33-,34-,37-,38-,39+,40+,41-/m0/s1. The molecule has 7 N–H and O–H groups in total. The van der Waals surface area contributed by atoms with Gasteiger partial charge >= 0.3 is 5.97 Å². The third-order valence-corrected chi connectivity index (χ3v) is 17.0. The van der Waals surface area contributed by atoms with Gasteiger partial charge in [0.15, 0.2) is 12.6 Å². The lowest BCUT2D eigenvalue weighted by Crippen LogP contribution is -2.67. The number of hydrogen-bond acceptors (Lipinski definition) is 11. The van der Waals surface area contributed by atoms with Crippen molar-refractivity contribution < 1.29 is 59.5 Å². The minimum absolute atomic E-state index is 0.0360. The molecular formula is C41H66O12. The van der Waals surface area contributed by atoms with Crippen LogP contribution in [0.3, 0.4) is 0 Å². The normalized spacial score (nSPS) is 55.1. The molecule has 2 saturated heterocycles. The monoisotopic (exact) mass is 750 g/mol. The zero-order valence-corrected chi connectivity index (χ0v) is 32.7. The van der Waals surface area contributed by atoms with E-state index in [2.05, 4.69) is 47.6 Å². The number of carbonyl (C=O) groups is 1. The highest BCUT2D eigenvalue weighted by Crippen LogP contribution is 2.76. The van der Waals surface area contributed by atoms with E-state index in [-0.39, 0.29) is 46.7 Å². The van der Waals surface area contributed by atoms with E-state index in [9.17, 15) is 40.5 Å². The van der Waals surface area contributed by atoms with E-state index in [1.165, 1.54) is 12.5 Å². The van der Waals surface area contributed by atoms with Gasteiger partial charge in [0.05, 0.1) is 30.8 Å². The Labute approximate surface area is 314 Å². The number of hydrogen-bond donors (Lipinski definition) is 7. The number of carboxylic acid groups (broad SMARTS) is 1. The van der Waals surface area contributed by atoms with Crippen molar-refractivity contribution in [2.75, 3.05) is 13.2 Å². The van der Waals surface area contributed by atoms with Gasteiger partial charge < -0.3 is 54.7 Å². The molecule has 0 aromatic carbocycles. The zero-order valence-electron chi connectivity index (χ0n) is 32.7. The van der Waals surface area contributed by atoms with E-state index in [1.807, 2.05) is 0 Å². The molecule has 7 rings (SSSR count). The average Bonchev–Trinajstić information content (AvgIpc) is 3.10. The summed E-state index contributed by atoms with van der Waals surface area (Å²) in [5.74, 6) is -0.194. The van der Waals surface area contributed by atoms with Gasteiger partial charge in [0.25, 0.3) is 0 Å². The number of ether oxygens (including phenoxy) is 4. The Morgan fingerprint density at radius 2 is 1.53 bits per heavy atom. The third-order valence-electron chi connectivity index (χ3n) is 17.0. The summed E-state index contributed by atoms with van der Waals surface area (Å²) < 4.78 is 24.3. The van der Waals surface area contributed by atoms with Crippen LogP contribution in [0.4, 0.5) is 0 Å². The molecule has 12 nitrogen and oxygen atoms in total. The molecule has 2 heterocycles. The summed E-state index contributed by atoms with van der Waals surface area (Å²) in [6.45, 7) is 15.1. The van der Waals surface area contributed by atoms with Crippen LogP contribution in [0, 0.1) is 50.2 Å². The second-order valence-electron chi connectivity index (χ2n) is 20.0. The SMILES string of the molecule is C[C@@H]1O[C@@H](O[C@H]2[C@H](O[C@H]3CC[C@@]4(C)[C@@H](CC[C@]5(C)[C@H]4CC=C4[C@@H]6CC(C)(C)CC[C@]6(C(=O)O)CC[C@]45C)[C@]3(C)CO)OC[C@H](O)[C@@H]2O)[C@H](O)[C@H](O)[C@H]1O. The van der Waals surface area contributed by atoms with Gasteiger partial charge in [-0.3, -0.25) is 4.79 Å². The molecule has 0 aromatic rings. The van der Waals surface area contributed by atoms with Gasteiger partial charge in [-0.05, 0) is 111 Å². The zero-order chi connectivity index (χ0) is 38.7. The second kappa shape index (κ2) is 13.5. The van der Waals surface area contributed by atoms with Crippen LogP contribution in [0.15, 0.2) is 11.6 Å². The first-order valence-electron chi connectivity index (χ1n) is 20.2. The molecule has 0 spiro atoms. The van der Waals surface area contributed by atoms with Crippen LogP contribution in [0.25, 0.3) is 0 Å². The highest BCUT2D eigenvalue weighted by molar-refractivity contribution is 5.76. The van der Waals surface area contributed by atoms with Crippen molar-refractivity contribution in [1.29, 1.82) is 0 Å². The molecule has 18 atom stereocenters. The molecule has 0 radical (unpaired) electrons. The summed E-state index contributed by atoms with van der Waals surface area (Å²) in [5, 5.41) is 74.9. The molecule has 5 aliphatic carbocycles. The molecule has 6 fully saturated rings. The molecule has 53 heavy (non-hydrogen) atoms. The number of fused-ring (bicyclic) bond motifs is 7. The molecule has 2 aliphatic heterocycles. The van der Waals surface area contributed by atoms with E-state index < -0.39 is 78.2 Å². The predicted octanol–water partition coefficient (Wildman–Crippen LogP) is 3.52. The largest absolute Gasteiger partial charge is 0.481 e. The van der Waals surface area contributed by atoms with Crippen molar-refractivity contribution >= 4 is 5.97 Å². The van der Waals surface area contributed by atoms with Crippen LogP contribution in [0.2, 0.25) is 0 Å². The van der Waals surface area contributed by atoms with Crippen LogP contribution in [-0.4, -0.2) is 116 Å². The lowest BCUT2D eigenvalue weighted by atomic mass is 9.33. The number of aliphatic carboxylic acids is 1. The fourth-order valence-corrected chi connectivity index (χ4v) is 13.3. The van der Waals surface area contributed by atoms with Crippen molar-refractivity contribution in [3.8, 4) is 0 Å². The summed E-state index contributed by atoms with van der Waals surface area (Å²) in [6, 6.07) is 0. The van der Waals surface area contributed by atoms with Crippen LogP contribution in [-0.2, 0) is 23.7 Å². The third kappa shape index (κ3) is 5.85. The van der Waals surface area contributed by atoms with Gasteiger partial charge in [0.1, 0.15) is 36.6 Å². The molecule has 4 saturated carbocycles. The summed E-state index contributed by atoms with van der Waals surface area (Å²) >= 11 is 0. The number of carboxylic acids is 1. The highest BCUT2D eigenvalue weighted by atomic mass is 16.8. The van der Waals surface area contributed by atoms with Gasteiger partial charge in [0, 0.05) is 5.41 Å². The molecule has 7 aliphatic rings. The minimum atomic E-state index is -1.62. The first kappa shape index (κ1) is 40.0. The van der Waals surface area contributed by atoms with E-state index in [0.29, 0.717) is 18.8 Å². The van der Waals surface area contributed by atoms with Gasteiger partial charge in [-0.2, -0.15) is 0 Å². The summed E-state index contributed by atoms with van der Waals surface area (Å²) in [6.07, 6.45) is -1.79. The number of aliphatic hydroxyl groups excluding tert-OH is 6. The quantitative estimate of drug-likeness (QED) is 0.155. The fraction of sp³-hybridized carbons (Fsp3) is 0.927. The maximum Gasteiger partial charge on any atom is 0.310 e. The molecule has 0 unspecified atom stereocenters. The van der Waals surface area contributed by atoms with Crippen LogP contribution in [0.5, 0.6) is 0 Å². The first-order valence-corrected chi connectivity index (χ1v) is 20.2. The van der Waals surface area contributed by atoms with Crippen LogP contribution < -0.4 is 0 Å². The molecule has 302 valence electrons. The summed E-state index contributed by atoms with van der Waals surface area (Å²) in [5.41, 5.74) is -0.239. The lowest BCUT2D eigenvalue weighted by Gasteiger charge is -2.71. The van der Waals surface area contributed by atoms with E-state index >= 15 is 0 Å². The van der Waals surface area contributed by atoms with Crippen molar-refractivity contribution in [3.05, 3.63) is 11.6 Å². The molecule has 12 heteroatoms. The first-order chi connectivity index (χ1) is 24.7. The average molecular weight is 751 g/mol. The molecule has 0 aromatic heterocycles.